The number of nitrogens with one attached hydrogen (secondary N) is 2. The predicted molar refractivity (Wildman–Crippen MR) is 101 cm³/mol. The van der Waals surface area contributed by atoms with Crippen LogP contribution in [0.5, 0.6) is 5.75 Å². The van der Waals surface area contributed by atoms with Crippen molar-refractivity contribution in [2.75, 3.05) is 20.2 Å². The summed E-state index contributed by atoms with van der Waals surface area (Å²) in [5.74, 6) is 0.963. The van der Waals surface area contributed by atoms with Gasteiger partial charge in [0.05, 0.1) is 0 Å². The molecule has 6 nitrogen and oxygen atoms in total. The van der Waals surface area contributed by atoms with Crippen molar-refractivity contribution in [3.05, 3.63) is 29.8 Å². The van der Waals surface area contributed by atoms with Crippen molar-refractivity contribution in [1.29, 1.82) is 0 Å². The first kappa shape index (κ1) is 19.1. The maximum absolute atomic E-state index is 10.8. The van der Waals surface area contributed by atoms with Crippen molar-refractivity contribution >= 4 is 11.9 Å². The molecule has 0 unspecified atom stereocenters. The van der Waals surface area contributed by atoms with E-state index >= 15 is 0 Å². The lowest BCUT2D eigenvalue weighted by Gasteiger charge is -2.28. The average molecular weight is 346 g/mol. The molecule has 1 fully saturated rings. The van der Waals surface area contributed by atoms with E-state index in [0.717, 1.165) is 18.1 Å². The van der Waals surface area contributed by atoms with Gasteiger partial charge in [-0.1, -0.05) is 31.9 Å². The van der Waals surface area contributed by atoms with Gasteiger partial charge in [0.2, 0.25) is 0 Å². The van der Waals surface area contributed by atoms with E-state index < -0.39 is 5.91 Å². The fraction of sp³-hybridized carbons (Fsp3) is 0.579. The Morgan fingerprint density at radius 3 is 2.72 bits per heavy atom. The number of ether oxygens (including phenoxy) is 1. The van der Waals surface area contributed by atoms with Gasteiger partial charge in [-0.3, -0.25) is 9.79 Å². The second-order valence-electron chi connectivity index (χ2n) is 6.74. The van der Waals surface area contributed by atoms with E-state index in [0.29, 0.717) is 17.7 Å². The summed E-state index contributed by atoms with van der Waals surface area (Å²) in [6.45, 7) is 3.76. The highest BCUT2D eigenvalue weighted by molar-refractivity contribution is 5.79. The molecule has 1 aliphatic rings. The molecule has 6 heteroatoms. The van der Waals surface area contributed by atoms with Crippen LogP contribution in [0, 0.1) is 5.41 Å². The molecule has 0 spiro atoms. The monoisotopic (exact) mass is 346 g/mol. The Balaban J connectivity index is 1.84. The van der Waals surface area contributed by atoms with Gasteiger partial charge < -0.3 is 21.1 Å². The normalized spacial score (nSPS) is 16.5. The quantitative estimate of drug-likeness (QED) is 0.497. The molecular formula is C19H30N4O2. The number of benzene rings is 1. The summed E-state index contributed by atoms with van der Waals surface area (Å²) in [5.41, 5.74) is 6.57. The predicted octanol–water partition coefficient (Wildman–Crippen LogP) is 2.19. The molecule has 4 N–H and O–H groups in total. The van der Waals surface area contributed by atoms with Crippen LogP contribution in [0.3, 0.4) is 0 Å². The number of hydrogen-bond acceptors (Lipinski definition) is 3. The topological polar surface area (TPSA) is 88.7 Å². The minimum Gasteiger partial charge on any atom is -0.484 e. The summed E-state index contributed by atoms with van der Waals surface area (Å²) < 4.78 is 5.34. The maximum atomic E-state index is 10.8. The van der Waals surface area contributed by atoms with E-state index in [9.17, 15) is 4.79 Å². The number of primary amides is 1. The lowest BCUT2D eigenvalue weighted by Crippen LogP contribution is -2.42. The summed E-state index contributed by atoms with van der Waals surface area (Å²) in [5, 5.41) is 6.81. The molecular weight excluding hydrogens is 316 g/mol. The second-order valence-corrected chi connectivity index (χ2v) is 6.74. The summed E-state index contributed by atoms with van der Waals surface area (Å²) in [6, 6.07) is 7.61. The molecule has 25 heavy (non-hydrogen) atoms. The third kappa shape index (κ3) is 5.96. The molecule has 1 aromatic carbocycles. The number of amides is 1. The standard InChI is InChI=1S/C19H30N4O2/c1-3-19(9-4-5-10-19)14-23-18(21-2)22-12-15-7-6-8-16(11-15)25-13-17(20)24/h6-8,11H,3-5,9-10,12-14H2,1-2H3,(H2,20,24)(H2,21,22,23). The van der Waals surface area contributed by atoms with Crippen molar-refractivity contribution in [2.45, 2.75) is 45.6 Å². The van der Waals surface area contributed by atoms with E-state index in [4.69, 9.17) is 10.5 Å². The van der Waals surface area contributed by atoms with Crippen LogP contribution in [0.15, 0.2) is 29.3 Å². The Bertz CT molecular complexity index is 595. The third-order valence-electron chi connectivity index (χ3n) is 5.01. The van der Waals surface area contributed by atoms with Gasteiger partial charge >= 0.3 is 0 Å². The molecule has 138 valence electrons. The number of guanidine groups is 1. The van der Waals surface area contributed by atoms with E-state index in [1.54, 1.807) is 7.05 Å². The fourth-order valence-corrected chi connectivity index (χ4v) is 3.36. The van der Waals surface area contributed by atoms with Crippen molar-refractivity contribution < 1.29 is 9.53 Å². The van der Waals surface area contributed by atoms with Gasteiger partial charge in [-0.2, -0.15) is 0 Å². The Kier molecular flexibility index (Phi) is 7.10. The van der Waals surface area contributed by atoms with Crippen LogP contribution in [0.25, 0.3) is 0 Å². The molecule has 0 heterocycles. The van der Waals surface area contributed by atoms with Crippen LogP contribution < -0.4 is 21.1 Å². The number of carbonyl (C=O) groups is 1. The number of aliphatic imine (C=N–C) groups is 1. The molecule has 1 amide bonds. The molecule has 0 atom stereocenters. The first-order valence-corrected chi connectivity index (χ1v) is 9.01. The van der Waals surface area contributed by atoms with Gasteiger partial charge in [0, 0.05) is 20.1 Å². The second kappa shape index (κ2) is 9.30. The van der Waals surface area contributed by atoms with Gasteiger partial charge in [0.25, 0.3) is 5.91 Å². The first-order chi connectivity index (χ1) is 12.1. The lowest BCUT2D eigenvalue weighted by molar-refractivity contribution is -0.119. The zero-order valence-corrected chi connectivity index (χ0v) is 15.3. The number of rotatable bonds is 8. The minimum absolute atomic E-state index is 0.112. The van der Waals surface area contributed by atoms with Crippen molar-refractivity contribution in [3.8, 4) is 5.75 Å². The summed E-state index contributed by atoms with van der Waals surface area (Å²) in [6.07, 6.45) is 6.47. The molecule has 0 bridgehead atoms. The van der Waals surface area contributed by atoms with E-state index in [1.165, 1.54) is 32.1 Å². The highest BCUT2D eigenvalue weighted by Gasteiger charge is 2.31. The van der Waals surface area contributed by atoms with Crippen LogP contribution in [0.1, 0.15) is 44.6 Å². The average Bonchev–Trinajstić information content (AvgIpc) is 3.10. The summed E-state index contributed by atoms with van der Waals surface area (Å²) in [7, 11) is 1.79. The van der Waals surface area contributed by atoms with Gasteiger partial charge in [-0.15, -0.1) is 0 Å². The van der Waals surface area contributed by atoms with E-state index in [-0.39, 0.29) is 6.61 Å². The zero-order valence-electron chi connectivity index (χ0n) is 15.3. The van der Waals surface area contributed by atoms with Crippen LogP contribution in [0.2, 0.25) is 0 Å². The first-order valence-electron chi connectivity index (χ1n) is 9.01. The van der Waals surface area contributed by atoms with E-state index in [1.807, 2.05) is 24.3 Å². The molecule has 0 aromatic heterocycles. The van der Waals surface area contributed by atoms with Gasteiger partial charge in [-0.25, -0.2) is 0 Å². The molecule has 0 aliphatic heterocycles. The summed E-state index contributed by atoms with van der Waals surface area (Å²) >= 11 is 0. The minimum atomic E-state index is -0.482. The number of nitrogens with two attached hydrogens (primary N) is 1. The van der Waals surface area contributed by atoms with Crippen LogP contribution in [-0.4, -0.2) is 32.1 Å². The number of nitrogens with zero attached hydrogens (tertiary/aromatic N) is 1. The van der Waals surface area contributed by atoms with Crippen LogP contribution in [-0.2, 0) is 11.3 Å². The summed E-state index contributed by atoms with van der Waals surface area (Å²) in [4.78, 5) is 15.1. The molecule has 1 aromatic rings. The lowest BCUT2D eigenvalue weighted by atomic mass is 9.83. The number of carbonyl (C=O) groups excluding carboxylic acids is 1. The third-order valence-corrected chi connectivity index (χ3v) is 5.01. The Morgan fingerprint density at radius 1 is 1.32 bits per heavy atom. The van der Waals surface area contributed by atoms with Gasteiger partial charge in [0.15, 0.2) is 12.6 Å². The van der Waals surface area contributed by atoms with Crippen LogP contribution in [0.4, 0.5) is 0 Å². The van der Waals surface area contributed by atoms with Gasteiger partial charge in [-0.05, 0) is 42.4 Å². The zero-order chi connectivity index (χ0) is 18.1. The van der Waals surface area contributed by atoms with Crippen molar-refractivity contribution in [3.63, 3.8) is 0 Å². The SMILES string of the molecule is CCC1(CNC(=NC)NCc2cccc(OCC(N)=O)c2)CCCC1. The maximum Gasteiger partial charge on any atom is 0.255 e. The van der Waals surface area contributed by atoms with E-state index in [2.05, 4.69) is 22.5 Å². The Morgan fingerprint density at radius 2 is 2.08 bits per heavy atom. The number of hydrogen-bond donors (Lipinski definition) is 3. The highest BCUT2D eigenvalue weighted by Crippen LogP contribution is 2.40. The smallest absolute Gasteiger partial charge is 0.255 e. The van der Waals surface area contributed by atoms with Crippen molar-refractivity contribution in [1.82, 2.24) is 10.6 Å². The molecule has 0 radical (unpaired) electrons. The molecule has 1 aliphatic carbocycles. The Hall–Kier alpha value is -2.24. The Labute approximate surface area is 150 Å². The van der Waals surface area contributed by atoms with Crippen molar-refractivity contribution in [2.24, 2.45) is 16.1 Å². The molecule has 0 saturated heterocycles. The highest BCUT2D eigenvalue weighted by atomic mass is 16.5. The van der Waals surface area contributed by atoms with Crippen LogP contribution >= 0.6 is 0 Å². The largest absolute Gasteiger partial charge is 0.484 e. The molecule has 2 rings (SSSR count). The van der Waals surface area contributed by atoms with Gasteiger partial charge in [0.1, 0.15) is 5.75 Å². The molecule has 1 saturated carbocycles. The fourth-order valence-electron chi connectivity index (χ4n) is 3.36.